The van der Waals surface area contributed by atoms with Gasteiger partial charge >= 0.3 is 0 Å². The third-order valence-electron chi connectivity index (χ3n) is 2.44. The van der Waals surface area contributed by atoms with Crippen LogP contribution in [0.5, 0.6) is 11.5 Å². The van der Waals surface area contributed by atoms with Crippen molar-refractivity contribution < 1.29 is 19.7 Å². The van der Waals surface area contributed by atoms with Crippen LogP contribution in [0, 0.1) is 0 Å². The molecule has 7 nitrogen and oxygen atoms in total. The quantitative estimate of drug-likeness (QED) is 0.464. The molecule has 17 heavy (non-hydrogen) atoms. The maximum absolute atomic E-state index is 9.91. The summed E-state index contributed by atoms with van der Waals surface area (Å²) in [5.74, 6) is 0.942. The Hall–Kier alpha value is -1.95. The summed E-state index contributed by atoms with van der Waals surface area (Å²) in [6, 6.07) is 5.02. The van der Waals surface area contributed by atoms with Crippen LogP contribution in [-0.4, -0.2) is 29.7 Å². The van der Waals surface area contributed by atoms with E-state index in [0.717, 1.165) is 0 Å². The molecule has 0 amide bonds. The SMILES string of the molecule is [N-]=[N+]=NCC(O)C(O)c1cccc2c1OCO2. The van der Waals surface area contributed by atoms with E-state index in [2.05, 4.69) is 10.0 Å². The fourth-order valence-electron chi connectivity index (χ4n) is 1.61. The predicted octanol–water partition coefficient (Wildman–Crippen LogP) is 1.12. The first kappa shape index (κ1) is 11.5. The van der Waals surface area contributed by atoms with Gasteiger partial charge in [0.2, 0.25) is 6.79 Å². The summed E-state index contributed by atoms with van der Waals surface area (Å²) in [6.07, 6.45) is -2.36. The molecule has 2 rings (SSSR count). The molecule has 0 aromatic heterocycles. The Labute approximate surface area is 96.8 Å². The van der Waals surface area contributed by atoms with E-state index in [1.54, 1.807) is 18.2 Å². The molecule has 0 bridgehead atoms. The summed E-state index contributed by atoms with van der Waals surface area (Å²) in [5, 5.41) is 22.7. The highest BCUT2D eigenvalue weighted by molar-refractivity contribution is 5.49. The van der Waals surface area contributed by atoms with Gasteiger partial charge in [0, 0.05) is 10.5 Å². The zero-order valence-electron chi connectivity index (χ0n) is 8.85. The molecule has 90 valence electrons. The first-order chi connectivity index (χ1) is 8.24. The molecule has 0 aliphatic carbocycles. The molecule has 2 N–H and O–H groups in total. The van der Waals surface area contributed by atoms with Crippen molar-refractivity contribution in [2.24, 2.45) is 5.11 Å². The minimum Gasteiger partial charge on any atom is -0.454 e. The van der Waals surface area contributed by atoms with Gasteiger partial charge in [-0.3, -0.25) is 0 Å². The molecule has 7 heteroatoms. The molecular weight excluding hydrogens is 226 g/mol. The highest BCUT2D eigenvalue weighted by Gasteiger charge is 2.26. The lowest BCUT2D eigenvalue weighted by Crippen LogP contribution is -2.21. The standard InChI is InChI=1S/C10H11N3O4/c11-13-12-4-7(14)9(15)6-2-1-3-8-10(6)17-5-16-8/h1-3,7,9,14-15H,4-5H2. The van der Waals surface area contributed by atoms with Crippen molar-refractivity contribution in [3.8, 4) is 11.5 Å². The molecule has 1 aliphatic heterocycles. The number of ether oxygens (including phenoxy) is 2. The zero-order chi connectivity index (χ0) is 12.3. The Morgan fingerprint density at radius 2 is 2.24 bits per heavy atom. The second kappa shape index (κ2) is 4.92. The fraction of sp³-hybridized carbons (Fsp3) is 0.400. The van der Waals surface area contributed by atoms with Gasteiger partial charge in [0.05, 0.1) is 12.6 Å². The Morgan fingerprint density at radius 3 is 3.00 bits per heavy atom. The summed E-state index contributed by atoms with van der Waals surface area (Å²) in [5.41, 5.74) is 8.56. The zero-order valence-corrected chi connectivity index (χ0v) is 8.85. The minimum absolute atomic E-state index is 0.0888. The molecule has 1 aromatic carbocycles. The predicted molar refractivity (Wildman–Crippen MR) is 57.5 cm³/mol. The topological polar surface area (TPSA) is 108 Å². The maximum Gasteiger partial charge on any atom is 0.231 e. The number of hydrogen-bond donors (Lipinski definition) is 2. The van der Waals surface area contributed by atoms with Crippen molar-refractivity contribution in [2.75, 3.05) is 13.3 Å². The Kier molecular flexibility index (Phi) is 3.34. The van der Waals surface area contributed by atoms with Crippen molar-refractivity contribution in [3.63, 3.8) is 0 Å². The molecule has 0 spiro atoms. The summed E-state index contributed by atoms with van der Waals surface area (Å²) in [7, 11) is 0. The molecule has 1 aliphatic rings. The minimum atomic E-state index is -1.18. The average Bonchev–Trinajstić information content (AvgIpc) is 2.82. The van der Waals surface area contributed by atoms with Gasteiger partial charge in [-0.25, -0.2) is 0 Å². The lowest BCUT2D eigenvalue weighted by atomic mass is 10.0. The highest BCUT2D eigenvalue weighted by atomic mass is 16.7. The van der Waals surface area contributed by atoms with E-state index in [0.29, 0.717) is 17.1 Å². The van der Waals surface area contributed by atoms with E-state index >= 15 is 0 Å². The molecular formula is C10H11N3O4. The van der Waals surface area contributed by atoms with Crippen LogP contribution >= 0.6 is 0 Å². The van der Waals surface area contributed by atoms with Crippen LogP contribution in [0.2, 0.25) is 0 Å². The Balaban J connectivity index is 2.22. The third kappa shape index (κ3) is 2.26. The van der Waals surface area contributed by atoms with E-state index in [4.69, 9.17) is 15.0 Å². The molecule has 1 heterocycles. The number of rotatable bonds is 4. The molecule has 2 unspecified atom stereocenters. The van der Waals surface area contributed by atoms with E-state index in [1.165, 1.54) is 0 Å². The second-order valence-corrected chi connectivity index (χ2v) is 3.51. The smallest absolute Gasteiger partial charge is 0.231 e. The molecule has 0 saturated heterocycles. The van der Waals surface area contributed by atoms with Crippen molar-refractivity contribution in [2.45, 2.75) is 12.2 Å². The van der Waals surface area contributed by atoms with Crippen LogP contribution in [0.25, 0.3) is 10.4 Å². The number of fused-ring (bicyclic) bond motifs is 1. The van der Waals surface area contributed by atoms with Gasteiger partial charge in [-0.15, -0.1) is 0 Å². The third-order valence-corrected chi connectivity index (χ3v) is 2.44. The van der Waals surface area contributed by atoms with Crippen LogP contribution in [0.1, 0.15) is 11.7 Å². The van der Waals surface area contributed by atoms with Crippen LogP contribution in [0.15, 0.2) is 23.3 Å². The van der Waals surface area contributed by atoms with Gasteiger partial charge in [0.1, 0.15) is 6.10 Å². The largest absolute Gasteiger partial charge is 0.454 e. The normalized spacial score (nSPS) is 16.1. The van der Waals surface area contributed by atoms with Gasteiger partial charge in [-0.05, 0) is 11.6 Å². The summed E-state index contributed by atoms with van der Waals surface area (Å²) >= 11 is 0. The fourth-order valence-corrected chi connectivity index (χ4v) is 1.61. The van der Waals surface area contributed by atoms with Crippen LogP contribution in [0.3, 0.4) is 0 Å². The monoisotopic (exact) mass is 237 g/mol. The molecule has 2 atom stereocenters. The highest BCUT2D eigenvalue weighted by Crippen LogP contribution is 2.39. The Morgan fingerprint density at radius 1 is 1.41 bits per heavy atom. The maximum atomic E-state index is 9.91. The summed E-state index contributed by atoms with van der Waals surface area (Å²) < 4.78 is 10.4. The van der Waals surface area contributed by atoms with Gasteiger partial charge in [-0.2, -0.15) is 0 Å². The summed E-state index contributed by atoms with van der Waals surface area (Å²) in [6.45, 7) is -0.117. The first-order valence-electron chi connectivity index (χ1n) is 4.99. The van der Waals surface area contributed by atoms with Crippen LogP contribution < -0.4 is 9.47 Å². The number of hydrogen-bond acceptors (Lipinski definition) is 5. The van der Waals surface area contributed by atoms with E-state index < -0.39 is 12.2 Å². The second-order valence-electron chi connectivity index (χ2n) is 3.51. The molecule has 0 radical (unpaired) electrons. The molecule has 1 aromatic rings. The van der Waals surface area contributed by atoms with E-state index in [9.17, 15) is 10.2 Å². The number of aliphatic hydroxyl groups excluding tert-OH is 2. The lowest BCUT2D eigenvalue weighted by Gasteiger charge is -2.17. The number of para-hydroxylation sites is 1. The first-order valence-corrected chi connectivity index (χ1v) is 4.99. The Bertz CT molecular complexity index is 459. The van der Waals surface area contributed by atoms with Crippen molar-refractivity contribution in [1.29, 1.82) is 0 Å². The van der Waals surface area contributed by atoms with Gasteiger partial charge in [-0.1, -0.05) is 17.2 Å². The number of aliphatic hydroxyl groups is 2. The van der Waals surface area contributed by atoms with Crippen molar-refractivity contribution >= 4 is 0 Å². The van der Waals surface area contributed by atoms with Gasteiger partial charge in [0.15, 0.2) is 11.5 Å². The number of azide groups is 1. The van der Waals surface area contributed by atoms with Gasteiger partial charge < -0.3 is 19.7 Å². The van der Waals surface area contributed by atoms with Gasteiger partial charge in [0.25, 0.3) is 0 Å². The molecule has 0 fully saturated rings. The van der Waals surface area contributed by atoms with E-state index in [-0.39, 0.29) is 13.3 Å². The summed E-state index contributed by atoms with van der Waals surface area (Å²) in [4.78, 5) is 2.52. The lowest BCUT2D eigenvalue weighted by molar-refractivity contribution is 0.0227. The van der Waals surface area contributed by atoms with Crippen LogP contribution in [0.4, 0.5) is 0 Å². The number of nitrogens with zero attached hydrogens (tertiary/aromatic N) is 3. The van der Waals surface area contributed by atoms with Crippen molar-refractivity contribution in [3.05, 3.63) is 34.2 Å². The average molecular weight is 237 g/mol. The van der Waals surface area contributed by atoms with E-state index in [1.807, 2.05) is 0 Å². The number of benzene rings is 1. The molecule has 0 saturated carbocycles. The van der Waals surface area contributed by atoms with Crippen LogP contribution in [-0.2, 0) is 0 Å². The van der Waals surface area contributed by atoms with Crippen molar-refractivity contribution in [1.82, 2.24) is 0 Å².